The molecule has 2 rings (SSSR count). The largest absolute Gasteiger partial charge is 0.372 e. The minimum Gasteiger partial charge on any atom is -0.372 e. The Hall–Kier alpha value is -0.320. The zero-order valence-corrected chi connectivity index (χ0v) is 14.5. The Morgan fingerprint density at radius 1 is 1.33 bits per heavy atom. The van der Waals surface area contributed by atoms with Gasteiger partial charge in [0.15, 0.2) is 0 Å². The third kappa shape index (κ3) is 5.42. The highest BCUT2D eigenvalue weighted by atomic mass is 35.5. The zero-order chi connectivity index (χ0) is 14.5. The van der Waals surface area contributed by atoms with E-state index in [1.165, 1.54) is 12.8 Å². The topological polar surface area (TPSA) is 41.6 Å². The Morgan fingerprint density at radius 2 is 2.00 bits per heavy atom. The highest BCUT2D eigenvalue weighted by Crippen LogP contribution is 2.25. The molecule has 2 aliphatic rings. The molecule has 0 aromatic rings. The molecule has 0 saturated carbocycles. The van der Waals surface area contributed by atoms with Crippen LogP contribution in [0.5, 0.6) is 0 Å². The van der Waals surface area contributed by atoms with Crippen molar-refractivity contribution >= 4 is 18.3 Å². The number of hydrogen-bond acceptors (Lipinski definition) is 3. The minimum atomic E-state index is 0. The minimum absolute atomic E-state index is 0. The van der Waals surface area contributed by atoms with Crippen molar-refractivity contribution in [3.8, 4) is 0 Å². The van der Waals surface area contributed by atoms with Gasteiger partial charge in [0, 0.05) is 19.5 Å². The molecule has 4 nitrogen and oxygen atoms in total. The van der Waals surface area contributed by atoms with Crippen molar-refractivity contribution in [1.82, 2.24) is 10.2 Å². The normalized spacial score (nSPS) is 28.8. The number of ether oxygens (including phenoxy) is 1. The summed E-state index contributed by atoms with van der Waals surface area (Å²) in [6.07, 6.45) is 4.51. The number of nitrogens with one attached hydrogen (secondary N) is 1. The molecule has 1 amide bonds. The van der Waals surface area contributed by atoms with Gasteiger partial charge in [-0.05, 0) is 51.1 Å². The van der Waals surface area contributed by atoms with Crippen LogP contribution in [0.25, 0.3) is 0 Å². The Morgan fingerprint density at radius 3 is 2.62 bits per heavy atom. The van der Waals surface area contributed by atoms with Crippen LogP contribution in [0.3, 0.4) is 0 Å². The number of hydrogen-bond donors (Lipinski definition) is 1. The predicted octanol–water partition coefficient (Wildman–Crippen LogP) is 2.46. The lowest BCUT2D eigenvalue weighted by atomic mass is 9.84. The molecule has 0 aromatic heterocycles. The van der Waals surface area contributed by atoms with Crippen molar-refractivity contribution in [3.63, 3.8) is 0 Å². The van der Waals surface area contributed by atoms with E-state index in [0.717, 1.165) is 32.6 Å². The Labute approximate surface area is 135 Å². The van der Waals surface area contributed by atoms with E-state index in [2.05, 4.69) is 26.1 Å². The van der Waals surface area contributed by atoms with Gasteiger partial charge in [-0.3, -0.25) is 4.79 Å². The fourth-order valence-corrected chi connectivity index (χ4v) is 3.46. The van der Waals surface area contributed by atoms with Crippen molar-refractivity contribution in [2.45, 2.75) is 58.7 Å². The lowest BCUT2D eigenvalue weighted by Crippen LogP contribution is -2.49. The van der Waals surface area contributed by atoms with Crippen LogP contribution >= 0.6 is 12.4 Å². The highest BCUT2D eigenvalue weighted by Gasteiger charge is 2.29. The van der Waals surface area contributed by atoms with Crippen LogP contribution in [-0.4, -0.2) is 49.2 Å². The number of rotatable bonds is 4. The first-order chi connectivity index (χ1) is 9.60. The lowest BCUT2D eigenvalue weighted by molar-refractivity contribution is -0.145. The average Bonchev–Trinajstić information content (AvgIpc) is 2.47. The monoisotopic (exact) mass is 318 g/mol. The molecule has 0 aliphatic carbocycles. The summed E-state index contributed by atoms with van der Waals surface area (Å²) >= 11 is 0. The van der Waals surface area contributed by atoms with Crippen molar-refractivity contribution in [2.75, 3.05) is 26.2 Å². The van der Waals surface area contributed by atoms with E-state index in [1.54, 1.807) is 0 Å². The molecule has 2 aliphatic heterocycles. The Bertz CT molecular complexity index is 321. The van der Waals surface area contributed by atoms with E-state index in [0.29, 0.717) is 24.2 Å². The van der Waals surface area contributed by atoms with Crippen molar-refractivity contribution in [1.29, 1.82) is 0 Å². The summed E-state index contributed by atoms with van der Waals surface area (Å²) in [5.41, 5.74) is 0. The standard InChI is InChI=1S/C16H30N2O2.ClH/c1-4-15-11-18(10-13(3)20-15)16(19)9-12(2)14-5-7-17-8-6-14;/h12-15,17H,4-11H2,1-3H3;1H. The van der Waals surface area contributed by atoms with Crippen LogP contribution in [0.2, 0.25) is 0 Å². The fraction of sp³-hybridized carbons (Fsp3) is 0.938. The van der Waals surface area contributed by atoms with Crippen LogP contribution in [0, 0.1) is 11.8 Å². The summed E-state index contributed by atoms with van der Waals surface area (Å²) in [4.78, 5) is 14.5. The van der Waals surface area contributed by atoms with E-state index in [1.807, 2.05) is 4.90 Å². The molecule has 3 unspecified atom stereocenters. The SMILES string of the molecule is CCC1CN(C(=O)CC(C)C2CCNCC2)CC(C)O1.Cl. The maximum atomic E-state index is 12.5. The fourth-order valence-electron chi connectivity index (χ4n) is 3.46. The molecule has 0 spiro atoms. The van der Waals surface area contributed by atoms with Crippen LogP contribution in [0.15, 0.2) is 0 Å². The van der Waals surface area contributed by atoms with Gasteiger partial charge < -0.3 is 15.0 Å². The molecular formula is C16H31ClN2O2. The van der Waals surface area contributed by atoms with Crippen molar-refractivity contribution in [3.05, 3.63) is 0 Å². The molecule has 124 valence electrons. The Balaban J connectivity index is 0.00000220. The summed E-state index contributed by atoms with van der Waals surface area (Å²) in [5.74, 6) is 1.54. The van der Waals surface area contributed by atoms with Crippen LogP contribution < -0.4 is 5.32 Å². The van der Waals surface area contributed by atoms with E-state index in [9.17, 15) is 4.79 Å². The van der Waals surface area contributed by atoms with E-state index in [4.69, 9.17) is 4.74 Å². The van der Waals surface area contributed by atoms with Crippen LogP contribution in [0.4, 0.5) is 0 Å². The number of nitrogens with zero attached hydrogens (tertiary/aromatic N) is 1. The van der Waals surface area contributed by atoms with Crippen LogP contribution in [-0.2, 0) is 9.53 Å². The summed E-state index contributed by atoms with van der Waals surface area (Å²) in [6, 6.07) is 0. The van der Waals surface area contributed by atoms with Gasteiger partial charge in [-0.2, -0.15) is 0 Å². The zero-order valence-electron chi connectivity index (χ0n) is 13.6. The van der Waals surface area contributed by atoms with Gasteiger partial charge in [0.1, 0.15) is 0 Å². The first-order valence-corrected chi connectivity index (χ1v) is 8.24. The van der Waals surface area contributed by atoms with E-state index >= 15 is 0 Å². The number of carbonyl (C=O) groups is 1. The molecule has 2 saturated heterocycles. The number of morpholine rings is 1. The quantitative estimate of drug-likeness (QED) is 0.865. The first kappa shape index (κ1) is 18.7. The van der Waals surface area contributed by atoms with Gasteiger partial charge >= 0.3 is 0 Å². The summed E-state index contributed by atoms with van der Waals surface area (Å²) in [6.45, 7) is 10.2. The lowest BCUT2D eigenvalue weighted by Gasteiger charge is -2.37. The maximum Gasteiger partial charge on any atom is 0.223 e. The summed E-state index contributed by atoms with van der Waals surface area (Å²) < 4.78 is 5.83. The second-order valence-corrected chi connectivity index (χ2v) is 6.54. The molecule has 0 bridgehead atoms. The van der Waals surface area contributed by atoms with E-state index < -0.39 is 0 Å². The van der Waals surface area contributed by atoms with Crippen molar-refractivity contribution < 1.29 is 9.53 Å². The maximum absolute atomic E-state index is 12.5. The second kappa shape index (κ2) is 8.96. The molecule has 21 heavy (non-hydrogen) atoms. The van der Waals surface area contributed by atoms with Crippen molar-refractivity contribution in [2.24, 2.45) is 11.8 Å². The van der Waals surface area contributed by atoms with Gasteiger partial charge in [0.05, 0.1) is 12.2 Å². The van der Waals surface area contributed by atoms with Gasteiger partial charge in [0.25, 0.3) is 0 Å². The molecule has 0 aromatic carbocycles. The molecule has 2 fully saturated rings. The summed E-state index contributed by atoms with van der Waals surface area (Å²) in [5, 5.41) is 3.39. The molecule has 3 atom stereocenters. The molecular weight excluding hydrogens is 288 g/mol. The van der Waals surface area contributed by atoms with Gasteiger partial charge in [-0.25, -0.2) is 0 Å². The number of piperidine rings is 1. The molecule has 1 N–H and O–H groups in total. The summed E-state index contributed by atoms with van der Waals surface area (Å²) in [7, 11) is 0. The number of carbonyl (C=O) groups excluding carboxylic acids is 1. The number of amides is 1. The molecule has 0 radical (unpaired) electrons. The third-order valence-electron chi connectivity index (χ3n) is 4.82. The first-order valence-electron chi connectivity index (χ1n) is 8.24. The molecule has 5 heteroatoms. The predicted molar refractivity (Wildman–Crippen MR) is 87.8 cm³/mol. The van der Waals surface area contributed by atoms with Gasteiger partial charge in [0.2, 0.25) is 5.91 Å². The smallest absolute Gasteiger partial charge is 0.223 e. The second-order valence-electron chi connectivity index (χ2n) is 6.54. The number of halogens is 1. The average molecular weight is 319 g/mol. The molecule has 2 heterocycles. The van der Waals surface area contributed by atoms with Gasteiger partial charge in [-0.1, -0.05) is 13.8 Å². The Kier molecular flexibility index (Phi) is 7.99. The highest BCUT2D eigenvalue weighted by molar-refractivity contribution is 5.85. The third-order valence-corrected chi connectivity index (χ3v) is 4.82. The van der Waals surface area contributed by atoms with Gasteiger partial charge in [-0.15, -0.1) is 12.4 Å². The van der Waals surface area contributed by atoms with E-state index in [-0.39, 0.29) is 24.6 Å². The van der Waals surface area contributed by atoms with Crippen LogP contribution in [0.1, 0.15) is 46.5 Å².